The number of fused-ring (bicyclic) bond motifs is 2. The molecule has 2 aliphatic carbocycles. The van der Waals surface area contributed by atoms with Crippen LogP contribution in [0.5, 0.6) is 0 Å². The Labute approximate surface area is 94.7 Å². The highest BCUT2D eigenvalue weighted by Gasteiger charge is 2.58. The minimum atomic E-state index is -0.828. The van der Waals surface area contributed by atoms with Crippen LogP contribution in [0.25, 0.3) is 0 Å². The van der Waals surface area contributed by atoms with Crippen LogP contribution in [0.4, 0.5) is 0 Å². The standard InChI is InChI=1S/C12H18O4/c13-10(14)2-1-7-12(11(15)16)8-3-4-9(12)6-5-8/h8-9H,1-7H2,(H,13,14)(H,15,16). The highest BCUT2D eigenvalue weighted by Crippen LogP contribution is 2.60. The van der Waals surface area contributed by atoms with Crippen LogP contribution in [0.15, 0.2) is 0 Å². The van der Waals surface area contributed by atoms with Gasteiger partial charge in [-0.1, -0.05) is 0 Å². The molecular formula is C12H18O4. The summed E-state index contributed by atoms with van der Waals surface area (Å²) in [5.41, 5.74) is -0.588. The summed E-state index contributed by atoms with van der Waals surface area (Å²) in [5, 5.41) is 18.1. The fraction of sp³-hybridized carbons (Fsp3) is 0.833. The molecule has 0 atom stereocenters. The molecule has 4 nitrogen and oxygen atoms in total. The van der Waals surface area contributed by atoms with Gasteiger partial charge in [-0.05, 0) is 50.4 Å². The van der Waals surface area contributed by atoms with Crippen LogP contribution in [-0.2, 0) is 9.59 Å². The molecule has 2 N–H and O–H groups in total. The van der Waals surface area contributed by atoms with E-state index in [4.69, 9.17) is 5.11 Å². The zero-order valence-electron chi connectivity index (χ0n) is 9.32. The topological polar surface area (TPSA) is 74.6 Å². The number of hydrogen-bond acceptors (Lipinski definition) is 2. The molecule has 0 radical (unpaired) electrons. The molecule has 90 valence electrons. The zero-order chi connectivity index (χ0) is 11.8. The average Bonchev–Trinajstić information content (AvgIpc) is 2.73. The number of aliphatic carboxylic acids is 2. The Morgan fingerprint density at radius 1 is 1.06 bits per heavy atom. The molecule has 2 saturated carbocycles. The van der Waals surface area contributed by atoms with Gasteiger partial charge in [0.05, 0.1) is 5.41 Å². The SMILES string of the molecule is O=C(O)CCCC1(C(=O)O)C2CCC1CC2. The molecule has 0 saturated heterocycles. The second kappa shape index (κ2) is 4.07. The van der Waals surface area contributed by atoms with E-state index in [0.717, 1.165) is 25.7 Å². The third-order valence-electron chi connectivity index (χ3n) is 4.56. The van der Waals surface area contributed by atoms with Crippen LogP contribution in [0.3, 0.4) is 0 Å². The van der Waals surface area contributed by atoms with Crippen molar-refractivity contribution < 1.29 is 19.8 Å². The summed E-state index contributed by atoms with van der Waals surface area (Å²) in [7, 11) is 0. The van der Waals surface area contributed by atoms with Crippen molar-refractivity contribution in [1.82, 2.24) is 0 Å². The molecule has 2 aliphatic rings. The maximum atomic E-state index is 11.5. The number of carboxylic acid groups (broad SMARTS) is 2. The van der Waals surface area contributed by atoms with Crippen molar-refractivity contribution >= 4 is 11.9 Å². The predicted octanol–water partition coefficient (Wildman–Crippen LogP) is 2.13. The zero-order valence-corrected chi connectivity index (χ0v) is 9.32. The summed E-state index contributed by atoms with van der Waals surface area (Å²) in [5.74, 6) is -0.929. The van der Waals surface area contributed by atoms with Crippen LogP contribution in [-0.4, -0.2) is 22.2 Å². The Morgan fingerprint density at radius 3 is 1.94 bits per heavy atom. The second-order valence-corrected chi connectivity index (χ2v) is 5.14. The molecule has 2 bridgehead atoms. The van der Waals surface area contributed by atoms with Gasteiger partial charge in [-0.2, -0.15) is 0 Å². The lowest BCUT2D eigenvalue weighted by atomic mass is 9.73. The Morgan fingerprint density at radius 2 is 1.56 bits per heavy atom. The van der Waals surface area contributed by atoms with Gasteiger partial charge in [-0.15, -0.1) is 0 Å². The lowest BCUT2D eigenvalue weighted by Crippen LogP contribution is -2.35. The summed E-state index contributed by atoms with van der Waals surface area (Å²) in [4.78, 5) is 22.0. The molecule has 0 aromatic heterocycles. The number of hydrogen-bond donors (Lipinski definition) is 2. The molecule has 0 heterocycles. The Bertz CT molecular complexity index is 290. The first-order chi connectivity index (χ1) is 7.57. The van der Waals surface area contributed by atoms with Crippen molar-refractivity contribution in [3.63, 3.8) is 0 Å². The molecule has 4 heteroatoms. The highest BCUT2D eigenvalue weighted by molar-refractivity contribution is 5.76. The average molecular weight is 226 g/mol. The minimum Gasteiger partial charge on any atom is -0.481 e. The fourth-order valence-corrected chi connectivity index (χ4v) is 3.85. The van der Waals surface area contributed by atoms with Crippen molar-refractivity contribution in [2.45, 2.75) is 44.9 Å². The molecule has 2 fully saturated rings. The van der Waals surface area contributed by atoms with Crippen LogP contribution < -0.4 is 0 Å². The highest BCUT2D eigenvalue weighted by atomic mass is 16.4. The number of carboxylic acids is 2. The normalized spacial score (nSPS) is 36.5. The van der Waals surface area contributed by atoms with Crippen molar-refractivity contribution in [1.29, 1.82) is 0 Å². The summed E-state index contributed by atoms with van der Waals surface area (Å²) >= 11 is 0. The lowest BCUT2D eigenvalue weighted by Gasteiger charge is -2.29. The van der Waals surface area contributed by atoms with Crippen molar-refractivity contribution in [3.05, 3.63) is 0 Å². The van der Waals surface area contributed by atoms with Gasteiger partial charge in [0.1, 0.15) is 0 Å². The van der Waals surface area contributed by atoms with Crippen LogP contribution >= 0.6 is 0 Å². The fourth-order valence-electron chi connectivity index (χ4n) is 3.85. The summed E-state index contributed by atoms with van der Waals surface area (Å²) < 4.78 is 0. The van der Waals surface area contributed by atoms with E-state index in [1.165, 1.54) is 0 Å². The molecule has 0 aromatic rings. The van der Waals surface area contributed by atoms with Crippen LogP contribution in [0, 0.1) is 17.3 Å². The van der Waals surface area contributed by atoms with E-state index in [1.54, 1.807) is 0 Å². The van der Waals surface area contributed by atoms with Gasteiger partial charge < -0.3 is 10.2 Å². The molecule has 0 unspecified atom stereocenters. The van der Waals surface area contributed by atoms with E-state index in [9.17, 15) is 14.7 Å². The largest absolute Gasteiger partial charge is 0.481 e. The van der Waals surface area contributed by atoms with Gasteiger partial charge in [0.25, 0.3) is 0 Å². The molecule has 0 amide bonds. The van der Waals surface area contributed by atoms with Crippen molar-refractivity contribution in [2.75, 3.05) is 0 Å². The molecular weight excluding hydrogens is 208 g/mol. The van der Waals surface area contributed by atoms with E-state index in [1.807, 2.05) is 0 Å². The van der Waals surface area contributed by atoms with Crippen LogP contribution in [0.1, 0.15) is 44.9 Å². The number of rotatable bonds is 5. The molecule has 0 aromatic carbocycles. The third-order valence-corrected chi connectivity index (χ3v) is 4.56. The van der Waals surface area contributed by atoms with Gasteiger partial charge in [0.2, 0.25) is 0 Å². The first kappa shape index (κ1) is 11.4. The minimum absolute atomic E-state index is 0.0917. The summed E-state index contributed by atoms with van der Waals surface area (Å²) in [6.45, 7) is 0. The van der Waals surface area contributed by atoms with Crippen molar-refractivity contribution in [2.24, 2.45) is 17.3 Å². The molecule has 16 heavy (non-hydrogen) atoms. The Balaban J connectivity index is 2.06. The first-order valence-corrected chi connectivity index (χ1v) is 6.02. The van der Waals surface area contributed by atoms with E-state index >= 15 is 0 Å². The van der Waals surface area contributed by atoms with Gasteiger partial charge in [0, 0.05) is 6.42 Å². The first-order valence-electron chi connectivity index (χ1n) is 6.02. The van der Waals surface area contributed by atoms with Gasteiger partial charge in [-0.25, -0.2) is 0 Å². The lowest BCUT2D eigenvalue weighted by molar-refractivity contribution is -0.153. The third kappa shape index (κ3) is 1.60. The van der Waals surface area contributed by atoms with E-state index in [0.29, 0.717) is 24.7 Å². The van der Waals surface area contributed by atoms with Gasteiger partial charge in [-0.3, -0.25) is 9.59 Å². The maximum Gasteiger partial charge on any atom is 0.310 e. The number of carbonyl (C=O) groups is 2. The molecule has 0 spiro atoms. The Kier molecular flexibility index (Phi) is 2.91. The smallest absolute Gasteiger partial charge is 0.310 e. The summed E-state index contributed by atoms with van der Waals surface area (Å²) in [6, 6.07) is 0. The van der Waals surface area contributed by atoms with E-state index in [-0.39, 0.29) is 6.42 Å². The quantitative estimate of drug-likeness (QED) is 0.753. The van der Waals surface area contributed by atoms with E-state index in [2.05, 4.69) is 0 Å². The predicted molar refractivity (Wildman–Crippen MR) is 57.0 cm³/mol. The van der Waals surface area contributed by atoms with Gasteiger partial charge in [0.15, 0.2) is 0 Å². The van der Waals surface area contributed by atoms with Crippen molar-refractivity contribution in [3.8, 4) is 0 Å². The molecule has 2 rings (SSSR count). The van der Waals surface area contributed by atoms with E-state index < -0.39 is 17.4 Å². The second-order valence-electron chi connectivity index (χ2n) is 5.14. The van der Waals surface area contributed by atoms with Crippen LogP contribution in [0.2, 0.25) is 0 Å². The summed E-state index contributed by atoms with van der Waals surface area (Å²) in [6.07, 6.45) is 5.20. The van der Waals surface area contributed by atoms with Gasteiger partial charge >= 0.3 is 11.9 Å². The Hall–Kier alpha value is -1.06. The monoisotopic (exact) mass is 226 g/mol. The maximum absolute atomic E-state index is 11.5. The molecule has 0 aliphatic heterocycles.